The van der Waals surface area contributed by atoms with E-state index in [0.717, 1.165) is 12.8 Å². The van der Waals surface area contributed by atoms with E-state index in [1.54, 1.807) is 0 Å². The minimum absolute atomic E-state index is 0.0643. The first-order valence-corrected chi connectivity index (χ1v) is 18.8. The number of Topliss-reactive ketones (excluding diaryl/α,β-unsaturated/α-hetero) is 1. The van der Waals surface area contributed by atoms with Crippen LogP contribution in [0.25, 0.3) is 0 Å². The van der Waals surface area contributed by atoms with Crippen LogP contribution in [0.15, 0.2) is 12.7 Å². The van der Waals surface area contributed by atoms with E-state index < -0.39 is 69.1 Å². The van der Waals surface area contributed by atoms with Crippen molar-refractivity contribution >= 4 is 39.6 Å². The number of amides is 5. The number of ketones is 1. The molecule has 4 rings (SSSR count). The second-order valence-corrected chi connectivity index (χ2v) is 18.6. The molecule has 0 bridgehead atoms. The summed E-state index contributed by atoms with van der Waals surface area (Å²) in [4.78, 5) is 69.0. The molecule has 0 spiro atoms. The molecule has 0 aromatic rings. The summed E-state index contributed by atoms with van der Waals surface area (Å²) in [5, 5.41) is 10.7. The van der Waals surface area contributed by atoms with E-state index in [-0.39, 0.29) is 47.4 Å². The molecule has 4 aliphatic rings. The quantitative estimate of drug-likeness (QED) is 0.141. The summed E-state index contributed by atoms with van der Waals surface area (Å²) in [5.41, 5.74) is -0.944. The number of hydrogen-bond acceptors (Lipinski definition) is 7. The lowest BCUT2D eigenvalue weighted by Crippen LogP contribution is -2.62. The zero-order chi connectivity index (χ0) is 35.9. The number of sulfonamides is 1. The maximum absolute atomic E-state index is 14.3. The SMILES string of the molecule is C=CCNC(=O)C(=O)C(CC1CC1)NC(=O)[C@@H]1[C@@H]2[C@H](CN1C(=O)[C@@H](NC(=O)N[C@H](CN(C)S(=O)(=O)C1CC1)C(C)C)C(C)(C)C)C2(C)C. The molecule has 13 nitrogen and oxygen atoms in total. The van der Waals surface area contributed by atoms with Crippen LogP contribution >= 0.6 is 0 Å². The summed E-state index contributed by atoms with van der Waals surface area (Å²) in [7, 11) is -1.92. The molecule has 1 aliphatic heterocycles. The van der Waals surface area contributed by atoms with Gasteiger partial charge in [-0.3, -0.25) is 19.2 Å². The zero-order valence-electron chi connectivity index (χ0n) is 29.8. The van der Waals surface area contributed by atoms with Gasteiger partial charge < -0.3 is 26.2 Å². The molecule has 0 aromatic heterocycles. The number of likely N-dealkylation sites (N-methyl/N-ethyl adjacent to an activating group) is 1. The average Bonchev–Trinajstić information content (AvgIpc) is 3.93. The van der Waals surface area contributed by atoms with Crippen molar-refractivity contribution in [2.45, 2.75) is 110 Å². The van der Waals surface area contributed by atoms with E-state index >= 15 is 0 Å². The summed E-state index contributed by atoms with van der Waals surface area (Å²) in [6.45, 7) is 17.5. The summed E-state index contributed by atoms with van der Waals surface area (Å²) >= 11 is 0. The number of rotatable bonds is 16. The summed E-state index contributed by atoms with van der Waals surface area (Å²) in [6.07, 6.45) is 4.94. The molecule has 1 saturated heterocycles. The molecule has 4 N–H and O–H groups in total. The Bertz CT molecular complexity index is 1400. The monoisotopic (exact) mass is 692 g/mol. The van der Waals surface area contributed by atoms with Crippen molar-refractivity contribution in [2.24, 2.45) is 34.5 Å². The number of likely N-dealkylation sites (tertiary alicyclic amines) is 1. The second kappa shape index (κ2) is 14.1. The summed E-state index contributed by atoms with van der Waals surface area (Å²) < 4.78 is 26.8. The maximum atomic E-state index is 14.3. The van der Waals surface area contributed by atoms with Crippen LogP contribution < -0.4 is 21.3 Å². The molecule has 0 aromatic carbocycles. The molecule has 3 aliphatic carbocycles. The van der Waals surface area contributed by atoms with Gasteiger partial charge in [0.1, 0.15) is 12.1 Å². The van der Waals surface area contributed by atoms with Crippen LogP contribution in [0.5, 0.6) is 0 Å². The average molecular weight is 693 g/mol. The van der Waals surface area contributed by atoms with Crippen LogP contribution in [0.3, 0.4) is 0 Å². The molecule has 1 unspecified atom stereocenters. The second-order valence-electron chi connectivity index (χ2n) is 16.3. The third kappa shape index (κ3) is 8.40. The van der Waals surface area contributed by atoms with Gasteiger partial charge in [-0.2, -0.15) is 0 Å². The Labute approximate surface area is 285 Å². The molecule has 3 saturated carbocycles. The van der Waals surface area contributed by atoms with Gasteiger partial charge in [-0.15, -0.1) is 6.58 Å². The topological polar surface area (TPSA) is 174 Å². The Morgan fingerprint density at radius 1 is 1.02 bits per heavy atom. The number of hydrogen-bond donors (Lipinski definition) is 4. The van der Waals surface area contributed by atoms with Crippen LogP contribution in [0.2, 0.25) is 0 Å². The molecular weight excluding hydrogens is 636 g/mol. The molecular formula is C34H56N6O7S. The molecule has 0 radical (unpaired) electrons. The fourth-order valence-corrected chi connectivity index (χ4v) is 8.59. The third-order valence-corrected chi connectivity index (χ3v) is 13.0. The van der Waals surface area contributed by atoms with Gasteiger partial charge in [0.05, 0.1) is 11.3 Å². The van der Waals surface area contributed by atoms with E-state index in [0.29, 0.717) is 25.8 Å². The predicted molar refractivity (Wildman–Crippen MR) is 182 cm³/mol. The largest absolute Gasteiger partial charge is 0.346 e. The Kier molecular flexibility index (Phi) is 11.1. The van der Waals surface area contributed by atoms with Crippen molar-refractivity contribution in [1.29, 1.82) is 0 Å². The minimum Gasteiger partial charge on any atom is -0.346 e. The highest BCUT2D eigenvalue weighted by atomic mass is 32.2. The van der Waals surface area contributed by atoms with Crippen molar-refractivity contribution in [3.05, 3.63) is 12.7 Å². The standard InChI is InChI=1S/C34H56N6O7S/c1-10-15-35-30(43)27(41)23(16-20-11-12-20)36-29(42)26-25-22(34(25,7)8)17-40(26)31(44)28(33(4,5)6)38-32(45)37-24(19(2)3)18-39(9)48(46,47)21-13-14-21/h10,19-26,28H,1,11-18H2,2-9H3,(H,35,43)(H,36,42)(H2,37,38,45)/t22-,23?,24+,25-,26-,28+/m0/s1. The van der Waals surface area contributed by atoms with Crippen LogP contribution in [0.1, 0.15) is 80.6 Å². The number of piperidine rings is 1. The highest BCUT2D eigenvalue weighted by molar-refractivity contribution is 7.90. The predicted octanol–water partition coefficient (Wildman–Crippen LogP) is 1.79. The third-order valence-electron chi connectivity index (χ3n) is 10.6. The van der Waals surface area contributed by atoms with Gasteiger partial charge in [0, 0.05) is 32.7 Å². The Hall–Kier alpha value is -3.00. The Morgan fingerprint density at radius 2 is 1.65 bits per heavy atom. The highest BCUT2D eigenvalue weighted by Crippen LogP contribution is 2.65. The lowest BCUT2D eigenvalue weighted by Gasteiger charge is -2.38. The molecule has 1 heterocycles. The highest BCUT2D eigenvalue weighted by Gasteiger charge is 2.70. The van der Waals surface area contributed by atoms with Crippen molar-refractivity contribution in [2.75, 3.05) is 26.7 Å². The van der Waals surface area contributed by atoms with Crippen LogP contribution in [-0.2, 0) is 29.2 Å². The van der Waals surface area contributed by atoms with E-state index in [1.165, 1.54) is 22.3 Å². The lowest BCUT2D eigenvalue weighted by atomic mass is 9.85. The van der Waals surface area contributed by atoms with Gasteiger partial charge in [0.15, 0.2) is 0 Å². The van der Waals surface area contributed by atoms with Gasteiger partial charge in [-0.25, -0.2) is 17.5 Å². The first-order chi connectivity index (χ1) is 22.2. The number of nitrogens with zero attached hydrogens (tertiary/aromatic N) is 2. The lowest BCUT2D eigenvalue weighted by molar-refractivity contribution is -0.145. The zero-order valence-corrected chi connectivity index (χ0v) is 30.6. The van der Waals surface area contributed by atoms with Gasteiger partial charge in [-0.05, 0) is 53.8 Å². The van der Waals surface area contributed by atoms with Crippen molar-refractivity contribution < 1.29 is 32.4 Å². The number of fused-ring (bicyclic) bond motifs is 1. The van der Waals surface area contributed by atoms with Gasteiger partial charge in [0.2, 0.25) is 27.6 Å². The maximum Gasteiger partial charge on any atom is 0.315 e. The van der Waals surface area contributed by atoms with E-state index in [2.05, 4.69) is 41.7 Å². The van der Waals surface area contributed by atoms with Gasteiger partial charge in [0.25, 0.3) is 5.91 Å². The Morgan fingerprint density at radius 3 is 2.17 bits per heavy atom. The fraction of sp³-hybridized carbons (Fsp3) is 0.794. The van der Waals surface area contributed by atoms with Gasteiger partial charge >= 0.3 is 6.03 Å². The van der Waals surface area contributed by atoms with E-state index in [1.807, 2.05) is 34.6 Å². The first kappa shape index (κ1) is 37.8. The van der Waals surface area contributed by atoms with Gasteiger partial charge in [-0.1, -0.05) is 67.4 Å². The fourth-order valence-electron chi connectivity index (χ4n) is 6.98. The number of urea groups is 1. The molecule has 270 valence electrons. The summed E-state index contributed by atoms with van der Waals surface area (Å²) in [5.74, 6) is -2.33. The molecule has 14 heteroatoms. The van der Waals surface area contributed by atoms with Crippen LogP contribution in [-0.4, -0.2) is 103 Å². The van der Waals surface area contributed by atoms with Crippen molar-refractivity contribution in [3.8, 4) is 0 Å². The van der Waals surface area contributed by atoms with E-state index in [4.69, 9.17) is 0 Å². The van der Waals surface area contributed by atoms with Crippen LogP contribution in [0, 0.1) is 34.5 Å². The molecule has 5 amide bonds. The number of carbonyl (C=O) groups is 5. The normalized spacial score (nSPS) is 25.0. The smallest absolute Gasteiger partial charge is 0.315 e. The van der Waals surface area contributed by atoms with Crippen LogP contribution in [0.4, 0.5) is 4.79 Å². The number of carbonyl (C=O) groups excluding carboxylic acids is 5. The first-order valence-electron chi connectivity index (χ1n) is 17.3. The summed E-state index contributed by atoms with van der Waals surface area (Å²) in [6, 6.07) is -4.01. The Balaban J connectivity index is 1.50. The van der Waals surface area contributed by atoms with E-state index in [9.17, 15) is 32.4 Å². The number of nitrogens with one attached hydrogen (secondary N) is 4. The molecule has 4 fully saturated rings. The van der Waals surface area contributed by atoms with Crippen molar-refractivity contribution in [1.82, 2.24) is 30.5 Å². The molecule has 48 heavy (non-hydrogen) atoms. The van der Waals surface area contributed by atoms with Crippen molar-refractivity contribution in [3.63, 3.8) is 0 Å². The molecule has 6 atom stereocenters. The minimum atomic E-state index is -3.44.